The van der Waals surface area contributed by atoms with Crippen molar-refractivity contribution in [3.8, 4) is 84.3 Å². The number of pyridine rings is 1. The fourth-order valence-electron chi connectivity index (χ4n) is 10.7. The molecule has 0 aliphatic carbocycles. The largest absolute Gasteiger partial charge is 0.458 e. The highest BCUT2D eigenvalue weighted by molar-refractivity contribution is 6.09. The smallest absolute Gasteiger partial charge is 0.269 e. The summed E-state index contributed by atoms with van der Waals surface area (Å²) in [5.74, 6) is 2.10. The Kier molecular flexibility index (Phi) is 9.02. The first-order valence-electron chi connectivity index (χ1n) is 27.4. The Labute approximate surface area is 433 Å². The van der Waals surface area contributed by atoms with E-state index in [9.17, 15) is 2.74 Å². The molecule has 0 saturated carbocycles. The van der Waals surface area contributed by atoms with Crippen molar-refractivity contribution >= 4 is 32.8 Å². The minimum absolute atomic E-state index is 0.0394. The third-order valence-electron chi connectivity index (χ3n) is 14.4. The average molecular weight is 948 g/mol. The Morgan fingerprint density at radius 3 is 1.85 bits per heavy atom. The minimum Gasteiger partial charge on any atom is -0.458 e. The Bertz CT molecular complexity index is 4410. The van der Waals surface area contributed by atoms with Gasteiger partial charge in [-0.3, -0.25) is 13.7 Å². The van der Waals surface area contributed by atoms with Crippen LogP contribution in [0, 0.1) is 6.33 Å². The molecule has 12 aromatic rings. The van der Waals surface area contributed by atoms with Crippen LogP contribution in [0.3, 0.4) is 0 Å². The first-order valence-corrected chi connectivity index (χ1v) is 24.9. The van der Waals surface area contributed by atoms with Crippen LogP contribution >= 0.6 is 0 Å². The van der Waals surface area contributed by atoms with E-state index in [1.807, 2.05) is 65.4 Å². The first-order chi connectivity index (χ1) is 37.5. The highest BCUT2D eigenvalue weighted by Gasteiger charge is 2.28. The monoisotopic (exact) mass is 947 g/mol. The van der Waals surface area contributed by atoms with Crippen molar-refractivity contribution < 1.29 is 16.2 Å². The SMILES string of the molecule is [2H]c1c([2H])c([2H])c(-c2cccc3c2-[n+]2[c-]n(-c4cccc(Oc5ccc6c7ccccc7n(-c7cc(C(C)(C)C)ccn7)c6c5)c4)c4cc(-c5ccc(C(C)(C)C)cc5)cc(c42)-c2ccccc2-c2ccccc2-3)c([2H])c1[2H]. The minimum atomic E-state index is -0.446. The van der Waals surface area contributed by atoms with Gasteiger partial charge in [-0.1, -0.05) is 193 Å². The van der Waals surface area contributed by atoms with Crippen LogP contribution in [0.2, 0.25) is 0 Å². The fourth-order valence-corrected chi connectivity index (χ4v) is 10.7. The van der Waals surface area contributed by atoms with E-state index in [-0.39, 0.29) is 28.5 Å². The number of benzene rings is 9. The zero-order valence-electron chi connectivity index (χ0n) is 46.6. The van der Waals surface area contributed by atoms with Crippen LogP contribution in [-0.4, -0.2) is 14.1 Å². The number of imidazole rings is 1. The fraction of sp³-hybridized carbons (Fsp3) is 0.118. The molecule has 0 atom stereocenters. The summed E-state index contributed by atoms with van der Waals surface area (Å²) in [6, 6.07) is 61.0. The summed E-state index contributed by atoms with van der Waals surface area (Å²) in [6.45, 7) is 13.3. The summed E-state index contributed by atoms with van der Waals surface area (Å²) in [4.78, 5) is 4.91. The molecule has 0 unspecified atom stereocenters. The van der Waals surface area contributed by atoms with Gasteiger partial charge in [-0.05, 0) is 132 Å². The van der Waals surface area contributed by atoms with Gasteiger partial charge in [-0.2, -0.15) is 0 Å². The number of para-hydroxylation sites is 2. The Hall–Kier alpha value is -8.80. The van der Waals surface area contributed by atoms with E-state index < -0.39 is 18.1 Å². The standard InChI is InChI=1S/C68H54N4O/c1-67(2,3)47-32-30-44(31-33-47)46-38-60-56-25-13-11-23-54(56)53-22-10-12-24-55(53)59-28-17-27-52(45-18-8-7-9-19-45)65(59)71-43-70(63(39-46)66(60)71)49-20-16-21-50(41-49)73-51-34-35-58-57-26-14-15-29-61(57)72(62(58)42-51)64-40-48(36-37-69-64)68(4,5)6/h7-42H,1-6H3/i7D,8D,9D,18D,19D. The Morgan fingerprint density at radius 1 is 0.479 bits per heavy atom. The number of hydrogen-bond acceptors (Lipinski definition) is 2. The molecule has 9 aromatic carbocycles. The van der Waals surface area contributed by atoms with Crippen LogP contribution < -0.4 is 9.30 Å². The Morgan fingerprint density at radius 2 is 1.11 bits per heavy atom. The molecule has 0 spiro atoms. The third-order valence-corrected chi connectivity index (χ3v) is 14.4. The number of aromatic nitrogens is 4. The molecule has 0 amide bonds. The van der Waals surface area contributed by atoms with Gasteiger partial charge in [0.15, 0.2) is 0 Å². The summed E-state index contributed by atoms with van der Waals surface area (Å²) in [5.41, 5.74) is 15.7. The van der Waals surface area contributed by atoms with E-state index in [1.165, 1.54) is 11.1 Å². The summed E-state index contributed by atoms with van der Waals surface area (Å²) in [7, 11) is 0. The first kappa shape index (κ1) is 38.9. The number of rotatable bonds is 6. The van der Waals surface area contributed by atoms with E-state index >= 15 is 0 Å². The number of fused-ring (bicyclic) bond motifs is 10. The van der Waals surface area contributed by atoms with Gasteiger partial charge < -0.3 is 4.74 Å². The van der Waals surface area contributed by atoms with Crippen LogP contribution in [0.4, 0.5) is 0 Å². The van der Waals surface area contributed by atoms with Crippen molar-refractivity contribution in [3.63, 3.8) is 0 Å². The van der Waals surface area contributed by atoms with Crippen molar-refractivity contribution in [2.45, 2.75) is 52.4 Å². The van der Waals surface area contributed by atoms with E-state index in [4.69, 9.17) is 13.8 Å². The van der Waals surface area contributed by atoms with Gasteiger partial charge in [-0.15, -0.1) is 0 Å². The van der Waals surface area contributed by atoms with Crippen molar-refractivity contribution in [1.29, 1.82) is 0 Å². The van der Waals surface area contributed by atoms with Gasteiger partial charge >= 0.3 is 0 Å². The van der Waals surface area contributed by atoms with Gasteiger partial charge in [0.05, 0.1) is 40.3 Å². The average Bonchev–Trinajstić information content (AvgIpc) is 4.12. The second-order valence-electron chi connectivity index (χ2n) is 21.1. The highest BCUT2D eigenvalue weighted by atomic mass is 16.5. The summed E-state index contributed by atoms with van der Waals surface area (Å²) in [6.07, 6.45) is 5.73. The van der Waals surface area contributed by atoms with Gasteiger partial charge in [0, 0.05) is 23.0 Å². The molecule has 0 fully saturated rings. The molecule has 1 aliphatic rings. The predicted octanol–water partition coefficient (Wildman–Crippen LogP) is 17.2. The van der Waals surface area contributed by atoms with Crippen molar-refractivity contribution in [1.82, 2.24) is 14.1 Å². The normalized spacial score (nSPS) is 13.2. The van der Waals surface area contributed by atoms with E-state index in [2.05, 4.69) is 184 Å². The van der Waals surface area contributed by atoms with E-state index in [0.29, 0.717) is 22.7 Å². The maximum absolute atomic E-state index is 9.35. The van der Waals surface area contributed by atoms with Gasteiger partial charge in [0.2, 0.25) is 0 Å². The van der Waals surface area contributed by atoms with Crippen LogP contribution in [0.15, 0.2) is 218 Å². The van der Waals surface area contributed by atoms with Crippen molar-refractivity contribution in [3.05, 3.63) is 236 Å². The molecule has 0 saturated heterocycles. The highest BCUT2D eigenvalue weighted by Crippen LogP contribution is 2.46. The molecule has 0 bridgehead atoms. The van der Waals surface area contributed by atoms with Crippen molar-refractivity contribution in [2.24, 2.45) is 0 Å². The summed E-state index contributed by atoms with van der Waals surface area (Å²) in [5, 5.41) is 2.21. The molecule has 5 nitrogen and oxygen atoms in total. The van der Waals surface area contributed by atoms with Crippen LogP contribution in [0.5, 0.6) is 11.5 Å². The molecule has 5 heteroatoms. The number of ether oxygens (including phenoxy) is 1. The molecule has 73 heavy (non-hydrogen) atoms. The maximum atomic E-state index is 9.35. The predicted molar refractivity (Wildman–Crippen MR) is 300 cm³/mol. The second kappa shape index (κ2) is 16.9. The molecule has 13 rings (SSSR count). The molecule has 0 N–H and O–H groups in total. The van der Waals surface area contributed by atoms with Gasteiger partial charge in [-0.25, -0.2) is 4.98 Å². The molecule has 4 heterocycles. The van der Waals surface area contributed by atoms with Crippen LogP contribution in [-0.2, 0) is 10.8 Å². The maximum Gasteiger partial charge on any atom is 0.269 e. The topological polar surface area (TPSA) is 35.9 Å². The van der Waals surface area contributed by atoms with E-state index in [0.717, 1.165) is 88.9 Å². The molecule has 0 radical (unpaired) electrons. The van der Waals surface area contributed by atoms with Crippen LogP contribution in [0.1, 0.15) is 59.5 Å². The summed E-state index contributed by atoms with van der Waals surface area (Å²) >= 11 is 0. The van der Waals surface area contributed by atoms with Crippen molar-refractivity contribution in [2.75, 3.05) is 0 Å². The lowest BCUT2D eigenvalue weighted by atomic mass is 9.85. The molecule has 3 aromatic heterocycles. The zero-order chi connectivity index (χ0) is 53.9. The Balaban J connectivity index is 1.06. The molecular formula is C68H54N4O. The van der Waals surface area contributed by atoms with Gasteiger partial charge in [0.25, 0.3) is 6.33 Å². The summed E-state index contributed by atoms with van der Waals surface area (Å²) < 4.78 is 58.2. The zero-order valence-corrected chi connectivity index (χ0v) is 41.6. The lowest BCUT2D eigenvalue weighted by Crippen LogP contribution is -2.32. The third kappa shape index (κ3) is 7.54. The molecule has 352 valence electrons. The molecule has 1 aliphatic heterocycles. The quantitative estimate of drug-likeness (QED) is 0.123. The van der Waals surface area contributed by atoms with Gasteiger partial charge in [0.1, 0.15) is 17.3 Å². The molecular weight excluding hydrogens is 889 g/mol. The lowest BCUT2D eigenvalue weighted by molar-refractivity contribution is -0.570. The number of hydrogen-bond donors (Lipinski definition) is 0. The van der Waals surface area contributed by atoms with Crippen LogP contribution in [0.25, 0.3) is 106 Å². The van der Waals surface area contributed by atoms with E-state index in [1.54, 1.807) is 0 Å². The number of nitrogens with zero attached hydrogens (tertiary/aromatic N) is 4. The second-order valence-corrected chi connectivity index (χ2v) is 21.1. The lowest BCUT2D eigenvalue weighted by Gasteiger charge is -2.20.